The lowest BCUT2D eigenvalue weighted by atomic mass is 9.89. The number of nitrogens with zero attached hydrogens (tertiary/aromatic N) is 1. The van der Waals surface area contributed by atoms with Gasteiger partial charge in [0, 0.05) is 12.3 Å². The number of aliphatic hydroxyl groups excluding tert-OH is 2. The van der Waals surface area contributed by atoms with Crippen LogP contribution < -0.4 is 11.2 Å². The zero-order chi connectivity index (χ0) is 14.5. The fourth-order valence-corrected chi connectivity index (χ4v) is 3.23. The zero-order valence-corrected chi connectivity index (χ0v) is 11.3. The number of aliphatic hydroxyl groups is 2. The molecule has 2 fully saturated rings. The Bertz CT molecular complexity index is 639. The van der Waals surface area contributed by atoms with Crippen LogP contribution in [-0.4, -0.2) is 44.7 Å². The van der Waals surface area contributed by atoms with Crippen LogP contribution in [0.1, 0.15) is 12.8 Å². The summed E-state index contributed by atoms with van der Waals surface area (Å²) in [7, 11) is 0. The highest BCUT2D eigenvalue weighted by atomic mass is 35.5. The van der Waals surface area contributed by atoms with Gasteiger partial charge in [0.15, 0.2) is 5.00 Å². The van der Waals surface area contributed by atoms with E-state index in [2.05, 4.69) is 4.98 Å². The lowest BCUT2D eigenvalue weighted by Gasteiger charge is -2.34. The third-order valence-electron chi connectivity index (χ3n) is 4.17. The largest absolute Gasteiger partial charge is 0.393 e. The van der Waals surface area contributed by atoms with Gasteiger partial charge < -0.3 is 14.9 Å². The number of aromatic amines is 1. The number of ether oxygens (including phenoxy) is 1. The standard InChI is InChI=1S/C12H15ClN2O5/c13-12(15-4-3-8(17)14-10(15)19)6-20-11(5-16,9(12)18)7-1-2-7/h3-4,7,9,16,18H,1-2,5-6H2,(H,14,17,19)/t9-,11+,12+/m1/s1. The maximum Gasteiger partial charge on any atom is 0.329 e. The maximum atomic E-state index is 11.9. The van der Waals surface area contributed by atoms with Crippen molar-refractivity contribution >= 4 is 11.6 Å². The van der Waals surface area contributed by atoms with Crippen molar-refractivity contribution in [3.8, 4) is 0 Å². The molecule has 2 aliphatic rings. The summed E-state index contributed by atoms with van der Waals surface area (Å²) in [4.78, 5) is 23.5. The molecule has 2 heterocycles. The van der Waals surface area contributed by atoms with E-state index in [1.807, 2.05) is 0 Å². The Morgan fingerprint density at radius 3 is 2.75 bits per heavy atom. The minimum atomic E-state index is -1.54. The van der Waals surface area contributed by atoms with E-state index >= 15 is 0 Å². The molecule has 0 aromatic carbocycles. The average Bonchev–Trinajstić information content (AvgIpc) is 3.21. The first kappa shape index (κ1) is 13.8. The van der Waals surface area contributed by atoms with Crippen molar-refractivity contribution in [2.24, 2.45) is 5.92 Å². The molecule has 0 amide bonds. The Hall–Kier alpha value is -1.15. The predicted octanol–water partition coefficient (Wildman–Crippen LogP) is -1.04. The number of hydrogen-bond donors (Lipinski definition) is 3. The normalized spacial score (nSPS) is 37.2. The van der Waals surface area contributed by atoms with Gasteiger partial charge in [0.05, 0.1) is 13.2 Å². The smallest absolute Gasteiger partial charge is 0.329 e. The second kappa shape index (κ2) is 4.42. The molecule has 3 atom stereocenters. The first-order chi connectivity index (χ1) is 9.44. The quantitative estimate of drug-likeness (QED) is 0.619. The number of aromatic nitrogens is 2. The number of rotatable bonds is 3. The van der Waals surface area contributed by atoms with Crippen LogP contribution in [-0.2, 0) is 9.73 Å². The predicted molar refractivity (Wildman–Crippen MR) is 69.6 cm³/mol. The zero-order valence-electron chi connectivity index (χ0n) is 10.6. The Balaban J connectivity index is 2.05. The van der Waals surface area contributed by atoms with Crippen molar-refractivity contribution in [2.75, 3.05) is 13.2 Å². The van der Waals surface area contributed by atoms with Gasteiger partial charge in [0.2, 0.25) is 0 Å². The summed E-state index contributed by atoms with van der Waals surface area (Å²) in [6, 6.07) is 1.15. The topological polar surface area (TPSA) is 105 Å². The van der Waals surface area contributed by atoms with Crippen molar-refractivity contribution in [2.45, 2.75) is 29.5 Å². The average molecular weight is 303 g/mol. The first-order valence-electron chi connectivity index (χ1n) is 6.38. The summed E-state index contributed by atoms with van der Waals surface area (Å²) in [5.74, 6) is 0.0292. The molecule has 1 aliphatic carbocycles. The Morgan fingerprint density at radius 1 is 1.50 bits per heavy atom. The Labute approximate surface area is 118 Å². The van der Waals surface area contributed by atoms with Gasteiger partial charge in [-0.05, 0) is 18.8 Å². The molecule has 1 aromatic rings. The van der Waals surface area contributed by atoms with E-state index in [0.29, 0.717) is 0 Å². The van der Waals surface area contributed by atoms with Crippen molar-refractivity contribution in [3.63, 3.8) is 0 Å². The summed E-state index contributed by atoms with van der Waals surface area (Å²) >= 11 is 6.39. The molecule has 0 radical (unpaired) electrons. The van der Waals surface area contributed by atoms with Gasteiger partial charge in [0.25, 0.3) is 5.56 Å². The summed E-state index contributed by atoms with van der Waals surface area (Å²) < 4.78 is 6.64. The molecular weight excluding hydrogens is 288 g/mol. The minimum absolute atomic E-state index is 0.0292. The highest BCUT2D eigenvalue weighted by molar-refractivity contribution is 6.22. The number of halogens is 1. The molecule has 1 saturated heterocycles. The number of alkyl halides is 1. The number of H-pyrrole nitrogens is 1. The molecule has 3 rings (SSSR count). The monoisotopic (exact) mass is 302 g/mol. The lowest BCUT2D eigenvalue weighted by molar-refractivity contribution is -0.107. The highest BCUT2D eigenvalue weighted by Gasteiger charge is 2.64. The van der Waals surface area contributed by atoms with E-state index in [0.717, 1.165) is 23.5 Å². The van der Waals surface area contributed by atoms with Crippen LogP contribution in [0.25, 0.3) is 0 Å². The first-order valence-corrected chi connectivity index (χ1v) is 6.76. The molecule has 3 N–H and O–H groups in total. The summed E-state index contributed by atoms with van der Waals surface area (Å²) in [6.07, 6.45) is 1.65. The molecule has 7 nitrogen and oxygen atoms in total. The molecule has 0 spiro atoms. The van der Waals surface area contributed by atoms with Crippen molar-refractivity contribution in [1.29, 1.82) is 0 Å². The molecule has 0 bridgehead atoms. The Morgan fingerprint density at radius 2 is 2.20 bits per heavy atom. The van der Waals surface area contributed by atoms with Crippen molar-refractivity contribution in [3.05, 3.63) is 33.1 Å². The summed E-state index contributed by atoms with van der Waals surface area (Å²) in [5.41, 5.74) is -2.41. The molecule has 0 unspecified atom stereocenters. The van der Waals surface area contributed by atoms with Gasteiger partial charge in [-0.3, -0.25) is 14.3 Å². The molecule has 8 heteroatoms. The molecule has 1 aromatic heterocycles. The SMILES string of the molecule is O=c1ccn([C@@]2(Cl)CO[C@@](CO)(C3CC3)[C@H]2O)c(=O)[nH]1. The van der Waals surface area contributed by atoms with Crippen LogP contribution in [0.2, 0.25) is 0 Å². The van der Waals surface area contributed by atoms with Gasteiger partial charge in [0.1, 0.15) is 11.7 Å². The fraction of sp³-hybridized carbons (Fsp3) is 0.667. The molecule has 110 valence electrons. The van der Waals surface area contributed by atoms with E-state index < -0.39 is 28.0 Å². The molecule has 1 saturated carbocycles. The molecular formula is C12H15ClN2O5. The second-order valence-corrected chi connectivity index (χ2v) is 6.03. The van der Waals surface area contributed by atoms with Gasteiger partial charge in [-0.15, -0.1) is 0 Å². The van der Waals surface area contributed by atoms with Crippen LogP contribution in [0.5, 0.6) is 0 Å². The minimum Gasteiger partial charge on any atom is -0.393 e. The van der Waals surface area contributed by atoms with Gasteiger partial charge in [-0.25, -0.2) is 4.79 Å². The maximum absolute atomic E-state index is 11.9. The van der Waals surface area contributed by atoms with Crippen LogP contribution in [0.15, 0.2) is 21.9 Å². The molecule has 1 aliphatic heterocycles. The van der Waals surface area contributed by atoms with Gasteiger partial charge in [-0.2, -0.15) is 0 Å². The lowest BCUT2D eigenvalue weighted by Crippen LogP contribution is -2.54. The van der Waals surface area contributed by atoms with Crippen LogP contribution in [0, 0.1) is 5.92 Å². The van der Waals surface area contributed by atoms with Crippen LogP contribution in [0.3, 0.4) is 0 Å². The fourth-order valence-electron chi connectivity index (χ4n) is 2.85. The summed E-state index contributed by atoms with van der Waals surface area (Å²) in [5, 5.41) is 20.1. The van der Waals surface area contributed by atoms with E-state index in [1.54, 1.807) is 0 Å². The molecule has 20 heavy (non-hydrogen) atoms. The van der Waals surface area contributed by atoms with E-state index in [9.17, 15) is 19.8 Å². The van der Waals surface area contributed by atoms with Crippen molar-refractivity contribution in [1.82, 2.24) is 9.55 Å². The number of hydrogen-bond acceptors (Lipinski definition) is 5. The van der Waals surface area contributed by atoms with Crippen molar-refractivity contribution < 1.29 is 14.9 Å². The number of nitrogens with one attached hydrogen (secondary N) is 1. The third-order valence-corrected chi connectivity index (χ3v) is 4.66. The van der Waals surface area contributed by atoms with Gasteiger partial charge >= 0.3 is 5.69 Å². The van der Waals surface area contributed by atoms with E-state index in [4.69, 9.17) is 16.3 Å². The van der Waals surface area contributed by atoms with Crippen LogP contribution >= 0.6 is 11.6 Å². The Kier molecular flexibility index (Phi) is 3.06. The second-order valence-electron chi connectivity index (χ2n) is 5.38. The van der Waals surface area contributed by atoms with Gasteiger partial charge in [-0.1, -0.05) is 11.6 Å². The highest BCUT2D eigenvalue weighted by Crippen LogP contribution is 2.52. The van der Waals surface area contributed by atoms with E-state index in [-0.39, 0.29) is 19.1 Å². The summed E-state index contributed by atoms with van der Waals surface area (Å²) in [6.45, 7) is -0.496. The van der Waals surface area contributed by atoms with Crippen LogP contribution in [0.4, 0.5) is 0 Å². The third kappa shape index (κ3) is 1.77. The van der Waals surface area contributed by atoms with E-state index in [1.165, 1.54) is 6.20 Å².